The summed E-state index contributed by atoms with van der Waals surface area (Å²) >= 11 is 3.47. The van der Waals surface area contributed by atoms with Crippen LogP contribution in [0.2, 0.25) is 0 Å². The van der Waals surface area contributed by atoms with E-state index in [2.05, 4.69) is 64.3 Å². The van der Waals surface area contributed by atoms with Gasteiger partial charge in [0.25, 0.3) is 0 Å². The van der Waals surface area contributed by atoms with Crippen LogP contribution >= 0.6 is 15.9 Å². The molecule has 0 saturated heterocycles. The maximum atomic E-state index is 9.02. The predicted octanol–water partition coefficient (Wildman–Crippen LogP) is 2.80. The topological polar surface area (TPSA) is 35.5 Å². The zero-order chi connectivity index (χ0) is 14.1. The summed E-state index contributed by atoms with van der Waals surface area (Å²) in [7, 11) is 0. The molecule has 2 N–H and O–H groups in total. The van der Waals surface area contributed by atoms with Crippen LogP contribution in [0.15, 0.2) is 28.7 Å². The van der Waals surface area contributed by atoms with Gasteiger partial charge in [-0.2, -0.15) is 0 Å². The molecule has 19 heavy (non-hydrogen) atoms. The number of hydrogen-bond acceptors (Lipinski definition) is 3. The Bertz CT molecular complexity index is 343. The summed E-state index contributed by atoms with van der Waals surface area (Å²) in [4.78, 5) is 2.28. The van der Waals surface area contributed by atoms with Crippen LogP contribution in [0.3, 0.4) is 0 Å². The van der Waals surface area contributed by atoms with Crippen molar-refractivity contribution in [1.29, 1.82) is 0 Å². The fraction of sp³-hybridized carbons (Fsp3) is 0.600. The lowest BCUT2D eigenvalue weighted by atomic mass is 10.0. The van der Waals surface area contributed by atoms with Gasteiger partial charge in [0.15, 0.2) is 0 Å². The quantitative estimate of drug-likeness (QED) is 0.731. The van der Waals surface area contributed by atoms with Crippen molar-refractivity contribution in [3.63, 3.8) is 0 Å². The third-order valence-electron chi connectivity index (χ3n) is 3.32. The Morgan fingerprint density at radius 1 is 1.21 bits per heavy atom. The van der Waals surface area contributed by atoms with Gasteiger partial charge in [-0.3, -0.25) is 0 Å². The zero-order valence-electron chi connectivity index (χ0n) is 11.9. The Hall–Kier alpha value is -0.420. The van der Waals surface area contributed by atoms with E-state index in [1.54, 1.807) is 0 Å². The molecule has 3 nitrogen and oxygen atoms in total. The third kappa shape index (κ3) is 6.04. The smallest absolute Gasteiger partial charge is 0.0558 e. The molecule has 0 fully saturated rings. The Kier molecular flexibility index (Phi) is 8.30. The lowest BCUT2D eigenvalue weighted by Gasteiger charge is -2.24. The summed E-state index contributed by atoms with van der Waals surface area (Å²) in [5.74, 6) is 0. The highest BCUT2D eigenvalue weighted by molar-refractivity contribution is 9.10. The number of nitrogens with one attached hydrogen (secondary N) is 1. The molecule has 1 aromatic rings. The predicted molar refractivity (Wildman–Crippen MR) is 84.4 cm³/mol. The SMILES string of the molecule is CCNC(CCN(CC)CCO)c1ccc(Br)cc1. The molecule has 0 radical (unpaired) electrons. The maximum absolute atomic E-state index is 9.02. The van der Waals surface area contributed by atoms with Crippen LogP contribution in [0.25, 0.3) is 0 Å². The number of rotatable bonds is 9. The fourth-order valence-corrected chi connectivity index (χ4v) is 2.47. The van der Waals surface area contributed by atoms with Crippen LogP contribution in [0.1, 0.15) is 31.9 Å². The molecule has 0 aliphatic carbocycles. The van der Waals surface area contributed by atoms with Gasteiger partial charge in [0.05, 0.1) is 6.61 Å². The van der Waals surface area contributed by atoms with Crippen LogP contribution in [-0.2, 0) is 0 Å². The first-order valence-electron chi connectivity index (χ1n) is 7.03. The van der Waals surface area contributed by atoms with Gasteiger partial charge in [-0.25, -0.2) is 0 Å². The fourth-order valence-electron chi connectivity index (χ4n) is 2.21. The summed E-state index contributed by atoms with van der Waals surface area (Å²) < 4.78 is 1.11. The molecule has 0 heterocycles. The van der Waals surface area contributed by atoms with E-state index in [-0.39, 0.29) is 6.61 Å². The Labute approximate surface area is 125 Å². The standard InChI is InChI=1S/C15H25BrN2O/c1-3-17-15(9-10-18(4-2)11-12-19)13-5-7-14(16)8-6-13/h5-8,15,17,19H,3-4,9-12H2,1-2H3. The van der Waals surface area contributed by atoms with Crippen molar-refractivity contribution in [3.8, 4) is 0 Å². The normalized spacial score (nSPS) is 12.9. The minimum Gasteiger partial charge on any atom is -0.395 e. The van der Waals surface area contributed by atoms with Gasteiger partial charge >= 0.3 is 0 Å². The Morgan fingerprint density at radius 2 is 1.89 bits per heavy atom. The lowest BCUT2D eigenvalue weighted by molar-refractivity contribution is 0.195. The second-order valence-electron chi connectivity index (χ2n) is 4.61. The molecule has 0 amide bonds. The number of aliphatic hydroxyl groups is 1. The molecular formula is C15H25BrN2O. The highest BCUT2D eigenvalue weighted by Crippen LogP contribution is 2.20. The number of nitrogens with zero attached hydrogens (tertiary/aromatic N) is 1. The third-order valence-corrected chi connectivity index (χ3v) is 3.85. The van der Waals surface area contributed by atoms with E-state index < -0.39 is 0 Å². The molecule has 4 heteroatoms. The van der Waals surface area contributed by atoms with E-state index in [1.807, 2.05) is 0 Å². The molecule has 1 atom stereocenters. The average molecular weight is 329 g/mol. The summed E-state index contributed by atoms with van der Waals surface area (Å²) in [6, 6.07) is 8.89. The Balaban J connectivity index is 2.59. The van der Waals surface area contributed by atoms with Crippen molar-refractivity contribution < 1.29 is 5.11 Å². The van der Waals surface area contributed by atoms with Gasteiger partial charge in [-0.05, 0) is 37.2 Å². The second-order valence-corrected chi connectivity index (χ2v) is 5.52. The first kappa shape index (κ1) is 16.6. The van der Waals surface area contributed by atoms with Crippen LogP contribution in [0.4, 0.5) is 0 Å². The van der Waals surface area contributed by atoms with Gasteiger partial charge in [-0.1, -0.05) is 41.9 Å². The van der Waals surface area contributed by atoms with Crippen LogP contribution in [0.5, 0.6) is 0 Å². The number of likely N-dealkylation sites (N-methyl/N-ethyl adjacent to an activating group) is 1. The molecule has 0 spiro atoms. The largest absolute Gasteiger partial charge is 0.395 e. The zero-order valence-corrected chi connectivity index (χ0v) is 13.5. The molecule has 0 aliphatic rings. The minimum atomic E-state index is 0.234. The van der Waals surface area contributed by atoms with E-state index in [9.17, 15) is 0 Å². The Morgan fingerprint density at radius 3 is 2.42 bits per heavy atom. The molecule has 1 unspecified atom stereocenters. The summed E-state index contributed by atoms with van der Waals surface area (Å²) in [5.41, 5.74) is 1.32. The van der Waals surface area contributed by atoms with Crippen molar-refractivity contribution in [3.05, 3.63) is 34.3 Å². The number of halogens is 1. The molecule has 108 valence electrons. The van der Waals surface area contributed by atoms with Crippen molar-refractivity contribution in [2.45, 2.75) is 26.3 Å². The second kappa shape index (κ2) is 9.48. The number of hydrogen-bond donors (Lipinski definition) is 2. The van der Waals surface area contributed by atoms with Gasteiger partial charge in [0, 0.05) is 23.6 Å². The van der Waals surface area contributed by atoms with E-state index in [4.69, 9.17) is 5.11 Å². The van der Waals surface area contributed by atoms with Crippen molar-refractivity contribution in [2.24, 2.45) is 0 Å². The molecule has 1 aromatic carbocycles. The van der Waals surface area contributed by atoms with Crippen LogP contribution in [-0.4, -0.2) is 42.8 Å². The number of aliphatic hydroxyl groups excluding tert-OH is 1. The van der Waals surface area contributed by atoms with E-state index in [1.165, 1.54) is 5.56 Å². The maximum Gasteiger partial charge on any atom is 0.0558 e. The summed E-state index contributed by atoms with van der Waals surface area (Å²) in [6.45, 7) is 8.22. The van der Waals surface area contributed by atoms with Crippen LogP contribution < -0.4 is 5.32 Å². The number of benzene rings is 1. The van der Waals surface area contributed by atoms with Crippen molar-refractivity contribution in [2.75, 3.05) is 32.8 Å². The highest BCUT2D eigenvalue weighted by Gasteiger charge is 2.12. The van der Waals surface area contributed by atoms with Crippen molar-refractivity contribution >= 4 is 15.9 Å². The molecular weight excluding hydrogens is 304 g/mol. The summed E-state index contributed by atoms with van der Waals surface area (Å²) in [5, 5.41) is 12.6. The average Bonchev–Trinajstić information content (AvgIpc) is 2.43. The monoisotopic (exact) mass is 328 g/mol. The molecule has 0 saturated carbocycles. The van der Waals surface area contributed by atoms with E-state index in [0.717, 1.165) is 37.1 Å². The van der Waals surface area contributed by atoms with E-state index in [0.29, 0.717) is 6.04 Å². The minimum absolute atomic E-state index is 0.234. The first-order chi connectivity index (χ1) is 9.21. The first-order valence-corrected chi connectivity index (χ1v) is 7.82. The molecule has 0 aromatic heterocycles. The van der Waals surface area contributed by atoms with Gasteiger partial charge in [0.2, 0.25) is 0 Å². The molecule has 1 rings (SSSR count). The van der Waals surface area contributed by atoms with Gasteiger partial charge in [-0.15, -0.1) is 0 Å². The lowest BCUT2D eigenvalue weighted by Crippen LogP contribution is -2.31. The van der Waals surface area contributed by atoms with Gasteiger partial charge < -0.3 is 15.3 Å². The molecule has 0 bridgehead atoms. The van der Waals surface area contributed by atoms with Crippen molar-refractivity contribution in [1.82, 2.24) is 10.2 Å². The van der Waals surface area contributed by atoms with Gasteiger partial charge in [0.1, 0.15) is 0 Å². The van der Waals surface area contributed by atoms with Crippen LogP contribution in [0, 0.1) is 0 Å². The molecule has 0 aliphatic heterocycles. The summed E-state index contributed by atoms with van der Waals surface area (Å²) in [6.07, 6.45) is 1.06. The highest BCUT2D eigenvalue weighted by atomic mass is 79.9. The van der Waals surface area contributed by atoms with E-state index >= 15 is 0 Å².